The number of hydrogen-bond acceptors (Lipinski definition) is 21. The summed E-state index contributed by atoms with van der Waals surface area (Å²) in [5.74, 6) is -7.25. The Morgan fingerprint density at radius 2 is 0.819 bits per heavy atom. The number of nitrogens with one attached hydrogen (secondary N) is 1. The summed E-state index contributed by atoms with van der Waals surface area (Å²) in [6.45, 7) is 7.34. The number of terminal acetylenes is 2. The molecule has 0 bridgehead atoms. The maximum absolute atomic E-state index is 15.1. The predicted octanol–water partition coefficient (Wildman–Crippen LogP) is 22.7. The van der Waals surface area contributed by atoms with Gasteiger partial charge < -0.3 is 38.5 Å². The van der Waals surface area contributed by atoms with Crippen LogP contribution in [0.15, 0.2) is 269 Å². The van der Waals surface area contributed by atoms with Crippen molar-refractivity contribution in [1.29, 1.82) is 0 Å². The molecule has 0 aromatic heterocycles. The van der Waals surface area contributed by atoms with Gasteiger partial charge in [-0.25, -0.2) is 50.8 Å². The smallest absolute Gasteiger partial charge is 0.308 e. The Bertz CT molecular complexity index is 6800. The van der Waals surface area contributed by atoms with Crippen molar-refractivity contribution in [2.45, 2.75) is 55.6 Å². The molecule has 22 nitrogen and oxygen atoms in total. The molecule has 704 valence electrons. The number of hydrogen-bond donors (Lipinski definition) is 1. The molecule has 12 aromatic carbocycles. The van der Waals surface area contributed by atoms with Crippen LogP contribution in [-0.2, 0) is 9.59 Å². The van der Waals surface area contributed by atoms with Crippen molar-refractivity contribution in [3.05, 3.63) is 383 Å². The van der Waals surface area contributed by atoms with E-state index in [-0.39, 0.29) is 59.5 Å². The van der Waals surface area contributed by atoms with Crippen molar-refractivity contribution in [3.63, 3.8) is 0 Å². The zero-order valence-corrected chi connectivity index (χ0v) is 78.7. The summed E-state index contributed by atoms with van der Waals surface area (Å²) in [5, 5.41) is 25.6. The first kappa shape index (κ1) is 101. The number of para-hydroxylation sites is 4. The van der Waals surface area contributed by atoms with Crippen LogP contribution in [0.2, 0.25) is 10.0 Å². The Hall–Kier alpha value is -14.5. The summed E-state index contributed by atoms with van der Waals surface area (Å²) in [5.41, 5.74) is 6.18. The van der Waals surface area contributed by atoms with Crippen molar-refractivity contribution in [2.24, 2.45) is 20.4 Å². The Morgan fingerprint density at radius 3 is 1.30 bits per heavy atom. The van der Waals surface area contributed by atoms with Crippen LogP contribution in [0, 0.1) is 85.1 Å². The number of rotatable bonds is 25. The maximum Gasteiger partial charge on any atom is 0.308 e. The van der Waals surface area contributed by atoms with Crippen LogP contribution in [0.1, 0.15) is 139 Å². The lowest BCUT2D eigenvalue weighted by Gasteiger charge is -2.24. The summed E-state index contributed by atoms with van der Waals surface area (Å²) >= 11 is 17.1. The second-order valence-electron chi connectivity index (χ2n) is 29.7. The number of carbonyl (C=O) groups is 6. The number of hydrazone groups is 4. The normalized spacial score (nSPS) is 15.0. The largest absolute Gasteiger partial charge is 0.496 e. The molecule has 3 unspecified atom stereocenters. The number of halogens is 10. The first-order valence-electron chi connectivity index (χ1n) is 41.6. The standard InChI is InChI=1S/C28H25F4N3O5S.C26H19ClN2O4S.C24H14ClF3N2O2S.C24H21FN2O2S/c1-4-12-33-21(36)14-40-20-7-5-6-17(24(20)38-2)28-35(34-26(41-28)15-8-10-16(29)11-9-15)27(37)18-13-19(30)23(32)25(39-3)22(18)31;1-3-16-32-22-10-6-5-9-21(22)26-29(28-24(34-26)18-12-14-19(27)15-13-18)25(31)20-8-4-7-11-23(20)33-17(2)30;1-2-11-32-20-6-4-3-5-17(20)24-30(23(31)21-18(27)12-16(26)13-19(21)28)29-22(33-24)14-7-9-15(25)10-8-14;1-15-8-10-17(11-9-15)22-26-27(23(28)19-7-5-4-6-16(19)2)24(30-22)20-13-12-18(25)14-21(20)29-3/h5-11,13,28H,4,12,14H2,1-3H3,(H,33,36);1,4-15,26H,16H2,2H3;1,3-10,12-13,24H,11H2;4-14,24H,1-3H3/t;;;24-/m...1/s1. The summed E-state index contributed by atoms with van der Waals surface area (Å²) in [6.07, 6.45) is 11.4. The van der Waals surface area contributed by atoms with Gasteiger partial charge in [-0.1, -0.05) is 222 Å². The van der Waals surface area contributed by atoms with Gasteiger partial charge in [0.2, 0.25) is 5.82 Å². The van der Waals surface area contributed by atoms with Gasteiger partial charge in [-0.05, 0) is 129 Å². The molecule has 1 N–H and O–H groups in total. The molecule has 16 rings (SSSR count). The van der Waals surface area contributed by atoms with Crippen LogP contribution in [0.25, 0.3) is 0 Å². The van der Waals surface area contributed by atoms with E-state index in [0.717, 1.165) is 68.2 Å². The average Bonchev–Trinajstić information content (AvgIpc) is 1.54. The molecule has 36 heteroatoms. The molecular formula is C102H79Cl2F8N9O13S4. The number of thioether (sulfide) groups is 4. The third-order valence-corrected chi connectivity index (χ3v) is 25.7. The molecule has 4 heterocycles. The lowest BCUT2D eigenvalue weighted by Crippen LogP contribution is -2.29. The predicted molar refractivity (Wildman–Crippen MR) is 517 cm³/mol. The Kier molecular flexibility index (Phi) is 34.2. The fourth-order valence-electron chi connectivity index (χ4n) is 13.8. The van der Waals surface area contributed by atoms with E-state index in [9.17, 15) is 59.5 Å². The molecule has 138 heavy (non-hydrogen) atoms. The van der Waals surface area contributed by atoms with E-state index >= 15 is 4.39 Å². The van der Waals surface area contributed by atoms with E-state index in [1.54, 1.807) is 121 Å². The van der Waals surface area contributed by atoms with Crippen molar-refractivity contribution >= 4 is 126 Å². The van der Waals surface area contributed by atoms with Crippen LogP contribution < -0.4 is 38.5 Å². The number of benzene rings is 12. The van der Waals surface area contributed by atoms with Crippen molar-refractivity contribution < 1.29 is 97.0 Å². The van der Waals surface area contributed by atoms with Gasteiger partial charge in [-0.2, -0.15) is 24.8 Å². The van der Waals surface area contributed by atoms with E-state index in [1.165, 1.54) is 103 Å². The molecule has 0 radical (unpaired) electrons. The van der Waals surface area contributed by atoms with Crippen LogP contribution >= 0.6 is 70.2 Å². The minimum Gasteiger partial charge on any atom is -0.496 e. The molecule has 12 aromatic rings. The molecule has 0 fully saturated rings. The first-order valence-corrected chi connectivity index (χ1v) is 45.9. The highest BCUT2D eigenvalue weighted by Crippen LogP contribution is 2.52. The fraction of sp³-hybridized carbons (Fsp3) is 0.157. The topological polar surface area (TPSA) is 241 Å². The molecule has 0 aliphatic carbocycles. The number of nitrogens with zero attached hydrogens (tertiary/aromatic N) is 8. The van der Waals surface area contributed by atoms with Crippen LogP contribution in [0.4, 0.5) is 35.1 Å². The Labute approximate surface area is 814 Å². The third-order valence-electron chi connectivity index (χ3n) is 20.4. The van der Waals surface area contributed by atoms with Gasteiger partial charge in [0, 0.05) is 91.8 Å². The van der Waals surface area contributed by atoms with Gasteiger partial charge in [0.25, 0.3) is 29.5 Å². The van der Waals surface area contributed by atoms with Crippen LogP contribution in [0.5, 0.6) is 40.2 Å². The van der Waals surface area contributed by atoms with Gasteiger partial charge in [0.15, 0.2) is 35.5 Å². The quantitative estimate of drug-likeness (QED) is 0.0184. The van der Waals surface area contributed by atoms with Crippen molar-refractivity contribution in [2.75, 3.05) is 47.7 Å². The Morgan fingerprint density at radius 1 is 0.406 bits per heavy atom. The number of methoxy groups -OCH3 is 3. The van der Waals surface area contributed by atoms with Gasteiger partial charge in [-0.3, -0.25) is 28.8 Å². The van der Waals surface area contributed by atoms with Gasteiger partial charge >= 0.3 is 5.97 Å². The highest BCUT2D eigenvalue weighted by molar-refractivity contribution is 8.15. The second-order valence-corrected chi connectivity index (χ2v) is 34.8. The van der Waals surface area contributed by atoms with Crippen molar-refractivity contribution in [1.82, 2.24) is 25.4 Å². The summed E-state index contributed by atoms with van der Waals surface area (Å²) in [6, 6.07) is 65.8. The molecule has 4 aliphatic rings. The van der Waals surface area contributed by atoms with Gasteiger partial charge in [-0.15, -0.1) is 12.8 Å². The van der Waals surface area contributed by atoms with E-state index in [1.807, 2.05) is 93.6 Å². The zero-order chi connectivity index (χ0) is 98.5. The fourth-order valence-corrected chi connectivity index (χ4v) is 18.8. The Balaban J connectivity index is 0.000000156. The highest BCUT2D eigenvalue weighted by atomic mass is 35.5. The number of esters is 1. The number of aryl methyl sites for hydroxylation is 2. The number of carbonyl (C=O) groups excluding carboxylic acids is 6. The molecule has 0 spiro atoms. The monoisotopic (exact) mass is 1990 g/mol. The third kappa shape index (κ3) is 23.9. The molecular weight excluding hydrogens is 1910 g/mol. The average molecular weight is 1990 g/mol. The SMILES string of the molecule is C#CCOc1ccccc1C1SC(c2ccc(Cl)cc2)=NN1C(=O)c1c(F)cc(F)cc1F.C#CCOc1ccccc1C1SC(c2ccc(Cl)cc2)=NN1C(=O)c1ccccc1OC(C)=O.CCCNC(=O)COc1cccc(C2SC(c3ccc(F)cc3)=NN2C(=O)c2cc(F)c(F)c(OC)c2F)c1OC.COc1cc(F)ccc1[C@H]1SC(c2ccc(C)cc2)=NN1C(=O)c1ccccc1C. The molecule has 5 amide bonds. The molecule has 0 saturated carbocycles. The maximum atomic E-state index is 15.1. The molecule has 4 atom stereocenters. The second kappa shape index (κ2) is 46.8. The van der Waals surface area contributed by atoms with E-state index in [2.05, 4.69) is 42.3 Å². The summed E-state index contributed by atoms with van der Waals surface area (Å²) in [4.78, 5) is 77.7. The lowest BCUT2D eigenvalue weighted by atomic mass is 10.1. The lowest BCUT2D eigenvalue weighted by molar-refractivity contribution is -0.132. The van der Waals surface area contributed by atoms with E-state index in [4.69, 9.17) is 64.5 Å². The molecule has 4 aliphatic heterocycles. The zero-order valence-electron chi connectivity index (χ0n) is 74.0. The summed E-state index contributed by atoms with van der Waals surface area (Å²) in [7, 11) is 3.79. The minimum absolute atomic E-state index is 0.0194. The van der Waals surface area contributed by atoms with Gasteiger partial charge in [0.1, 0.15) is 113 Å². The minimum atomic E-state index is -1.58. The van der Waals surface area contributed by atoms with E-state index in [0.29, 0.717) is 95.5 Å². The molecule has 0 saturated heterocycles. The highest BCUT2D eigenvalue weighted by Gasteiger charge is 2.44. The number of amides is 5. The van der Waals surface area contributed by atoms with Crippen LogP contribution in [0.3, 0.4) is 0 Å². The van der Waals surface area contributed by atoms with Crippen LogP contribution in [-0.4, -0.2) is 123 Å². The van der Waals surface area contributed by atoms with E-state index < -0.39 is 109 Å². The number of ether oxygens (including phenoxy) is 7. The summed E-state index contributed by atoms with van der Waals surface area (Å²) < 4.78 is 151. The van der Waals surface area contributed by atoms with Gasteiger partial charge in [0.05, 0.1) is 32.5 Å². The first-order chi connectivity index (χ1) is 66.5. The van der Waals surface area contributed by atoms with Crippen molar-refractivity contribution in [3.8, 4) is 64.9 Å².